The average Bonchev–Trinajstić information content (AvgIpc) is 2.93. The zero-order valence-corrected chi connectivity index (χ0v) is 25.2. The lowest BCUT2D eigenvalue weighted by molar-refractivity contribution is -0.130. The Bertz CT molecular complexity index is 1170. The third kappa shape index (κ3) is 14.1. The van der Waals surface area contributed by atoms with E-state index in [1.807, 2.05) is 49.4 Å². The van der Waals surface area contributed by atoms with E-state index in [1.54, 1.807) is 12.1 Å². The van der Waals surface area contributed by atoms with E-state index in [-0.39, 0.29) is 26.1 Å². The first-order valence-electron chi connectivity index (χ1n) is 13.6. The Morgan fingerprint density at radius 3 is 2.02 bits per heavy atom. The van der Waals surface area contributed by atoms with E-state index < -0.39 is 50.4 Å². The van der Waals surface area contributed by atoms with Crippen LogP contribution in [0.15, 0.2) is 54.6 Å². The van der Waals surface area contributed by atoms with Crippen LogP contribution in [0.4, 0.5) is 10.5 Å². The Balaban J connectivity index is 1.83. The fourth-order valence-electron chi connectivity index (χ4n) is 3.52. The molecule has 0 saturated carbocycles. The first-order chi connectivity index (χ1) is 19.4. The third-order valence-corrected chi connectivity index (χ3v) is 7.63. The predicted octanol–water partition coefficient (Wildman–Crippen LogP) is 2.21. The topological polar surface area (TPSA) is 155 Å². The van der Waals surface area contributed by atoms with Crippen molar-refractivity contribution in [3.63, 3.8) is 0 Å². The molecule has 1 atom stereocenters. The van der Waals surface area contributed by atoms with Crippen molar-refractivity contribution < 1.29 is 28.7 Å². The minimum Gasteiger partial charge on any atom is -0.450 e. The highest BCUT2D eigenvalue weighted by atomic mass is 28.3. The van der Waals surface area contributed by atoms with Gasteiger partial charge in [-0.2, -0.15) is 0 Å². The Morgan fingerprint density at radius 2 is 1.39 bits per heavy atom. The van der Waals surface area contributed by atoms with Crippen molar-refractivity contribution >= 4 is 43.5 Å². The average molecular weight is 584 g/mol. The number of hydrogen-bond acceptors (Lipinski definition) is 6. The summed E-state index contributed by atoms with van der Waals surface area (Å²) in [5, 5.41) is 12.6. The number of ether oxygens (including phenoxy) is 1. The Kier molecular flexibility index (Phi) is 13.5. The Hall–Kier alpha value is -4.19. The summed E-state index contributed by atoms with van der Waals surface area (Å²) >= 11 is 0. The van der Waals surface area contributed by atoms with Crippen LogP contribution in [0, 0.1) is 0 Å². The monoisotopic (exact) mass is 583 g/mol. The number of anilines is 1. The molecule has 5 amide bonds. The van der Waals surface area contributed by atoms with Gasteiger partial charge in [-0.3, -0.25) is 19.2 Å². The molecule has 0 aliphatic heterocycles. The molecule has 0 heterocycles. The molecule has 0 unspecified atom stereocenters. The largest absolute Gasteiger partial charge is 0.450 e. The van der Waals surface area contributed by atoms with Gasteiger partial charge in [0.1, 0.15) is 12.6 Å². The molecule has 0 spiro atoms. The summed E-state index contributed by atoms with van der Waals surface area (Å²) in [6, 6.07) is 16.3. The molecule has 2 aromatic rings. The molecule has 41 heavy (non-hydrogen) atoms. The summed E-state index contributed by atoms with van der Waals surface area (Å²) < 4.78 is 5.06. The van der Waals surface area contributed by atoms with Crippen LogP contribution in [-0.4, -0.2) is 70.1 Å². The molecule has 12 heteroatoms. The molecule has 0 aromatic heterocycles. The number of carbonyl (C=O) groups is 5. The number of hydrogen-bond donors (Lipinski definition) is 5. The fourth-order valence-corrected chi connectivity index (χ4v) is 4.23. The lowest BCUT2D eigenvalue weighted by atomic mass is 10.1. The van der Waals surface area contributed by atoms with Crippen LogP contribution in [-0.2, 0) is 36.8 Å². The van der Waals surface area contributed by atoms with Gasteiger partial charge in [-0.15, -0.1) is 0 Å². The molecule has 5 N–H and O–H groups in total. The van der Waals surface area contributed by atoms with Crippen molar-refractivity contribution in [3.8, 4) is 0 Å². The van der Waals surface area contributed by atoms with Crippen molar-refractivity contribution in [1.29, 1.82) is 0 Å². The van der Waals surface area contributed by atoms with Gasteiger partial charge in [0.2, 0.25) is 23.6 Å². The summed E-state index contributed by atoms with van der Waals surface area (Å²) in [7, 11) is -1.35. The van der Waals surface area contributed by atoms with E-state index in [0.29, 0.717) is 5.69 Å². The zero-order chi connectivity index (χ0) is 30.3. The third-order valence-electron chi connectivity index (χ3n) is 5.93. The quantitative estimate of drug-likeness (QED) is 0.203. The van der Waals surface area contributed by atoms with E-state index in [0.717, 1.165) is 23.6 Å². The summed E-state index contributed by atoms with van der Waals surface area (Å²) in [4.78, 5) is 61.7. The maximum Gasteiger partial charge on any atom is 0.407 e. The van der Waals surface area contributed by atoms with Crippen molar-refractivity contribution in [3.05, 3.63) is 65.7 Å². The van der Waals surface area contributed by atoms with Crippen LogP contribution in [0.25, 0.3) is 0 Å². The van der Waals surface area contributed by atoms with Gasteiger partial charge in [0.05, 0.1) is 19.7 Å². The zero-order valence-electron chi connectivity index (χ0n) is 24.2. The number of rotatable bonds is 15. The van der Waals surface area contributed by atoms with Gasteiger partial charge in [0.25, 0.3) is 0 Å². The van der Waals surface area contributed by atoms with Gasteiger partial charge in [0.15, 0.2) is 0 Å². The molecule has 2 rings (SSSR count). The van der Waals surface area contributed by atoms with Crippen LogP contribution in [0.5, 0.6) is 0 Å². The minimum absolute atomic E-state index is 0.178. The fraction of sp³-hybridized carbons (Fsp3) is 0.414. The van der Waals surface area contributed by atoms with E-state index in [1.165, 1.54) is 0 Å². The molecule has 2 aromatic carbocycles. The van der Waals surface area contributed by atoms with Crippen LogP contribution < -0.4 is 26.6 Å². The van der Waals surface area contributed by atoms with E-state index >= 15 is 0 Å². The van der Waals surface area contributed by atoms with Gasteiger partial charge in [-0.25, -0.2) is 4.79 Å². The Morgan fingerprint density at radius 1 is 0.756 bits per heavy atom. The second kappa shape index (κ2) is 16.8. The smallest absolute Gasteiger partial charge is 0.407 e. The minimum atomic E-state index is -1.35. The number of carbonyl (C=O) groups excluding carboxylic acids is 5. The molecule has 0 radical (unpaired) electrons. The highest BCUT2D eigenvalue weighted by Crippen LogP contribution is 2.10. The lowest BCUT2D eigenvalue weighted by Crippen LogP contribution is -2.52. The molecule has 0 saturated heterocycles. The van der Waals surface area contributed by atoms with E-state index in [4.69, 9.17) is 4.74 Å². The van der Waals surface area contributed by atoms with Crippen LogP contribution in [0.1, 0.15) is 18.1 Å². The first kappa shape index (κ1) is 33.0. The molecule has 0 fully saturated rings. The standard InChI is InChI=1S/C29H41N5O6Si/c1-5-21-11-13-23(14-12-21)33-26(36)20-31-28(38)24(17-22-9-7-6-8-10-22)34-27(37)19-30-25(35)18-32-29(39)40-15-16-41(2,3)4/h6-14,24H,5,15-20H2,1-4H3,(H,30,35)(H,31,38)(H,32,39)(H,33,36)(H,34,37)/t24-/m0/s1. The van der Waals surface area contributed by atoms with Crippen molar-refractivity contribution in [2.75, 3.05) is 31.6 Å². The SMILES string of the molecule is CCc1ccc(NC(=O)CNC(=O)[C@H](Cc2ccccc2)NC(=O)CNC(=O)CNC(=O)OCC[Si](C)(C)C)cc1. The molecule has 0 aliphatic carbocycles. The Labute approximate surface area is 242 Å². The molecule has 0 bridgehead atoms. The van der Waals surface area contributed by atoms with E-state index in [9.17, 15) is 24.0 Å². The maximum absolute atomic E-state index is 12.9. The predicted molar refractivity (Wildman–Crippen MR) is 160 cm³/mol. The molecular formula is C29H41N5O6Si. The molecule has 0 aliphatic rings. The van der Waals surface area contributed by atoms with Crippen molar-refractivity contribution in [2.45, 2.75) is 51.5 Å². The second-order valence-electron chi connectivity index (χ2n) is 10.7. The molecule has 222 valence electrons. The summed E-state index contributed by atoms with van der Waals surface area (Å²) in [5.74, 6) is -2.15. The van der Waals surface area contributed by atoms with Crippen LogP contribution in [0.3, 0.4) is 0 Å². The van der Waals surface area contributed by atoms with Gasteiger partial charge in [-0.05, 0) is 35.7 Å². The highest BCUT2D eigenvalue weighted by molar-refractivity contribution is 6.76. The number of aryl methyl sites for hydroxylation is 1. The molecule has 11 nitrogen and oxygen atoms in total. The number of benzene rings is 2. The summed E-state index contributed by atoms with van der Waals surface area (Å²) in [5.41, 5.74) is 2.55. The van der Waals surface area contributed by atoms with Gasteiger partial charge >= 0.3 is 6.09 Å². The van der Waals surface area contributed by atoms with E-state index in [2.05, 4.69) is 46.2 Å². The normalized spacial score (nSPS) is 11.5. The van der Waals surface area contributed by atoms with Crippen LogP contribution >= 0.6 is 0 Å². The lowest BCUT2D eigenvalue weighted by Gasteiger charge is -2.19. The second-order valence-corrected chi connectivity index (χ2v) is 16.3. The summed E-state index contributed by atoms with van der Waals surface area (Å²) in [6.07, 6.45) is 0.356. The highest BCUT2D eigenvalue weighted by Gasteiger charge is 2.22. The number of nitrogens with one attached hydrogen (secondary N) is 5. The first-order valence-corrected chi connectivity index (χ1v) is 17.3. The van der Waals surface area contributed by atoms with Gasteiger partial charge < -0.3 is 31.3 Å². The summed E-state index contributed by atoms with van der Waals surface area (Å²) in [6.45, 7) is 7.74. The number of alkyl carbamates (subject to hydrolysis) is 1. The molecular weight excluding hydrogens is 542 g/mol. The van der Waals surface area contributed by atoms with Crippen molar-refractivity contribution in [1.82, 2.24) is 21.3 Å². The van der Waals surface area contributed by atoms with Gasteiger partial charge in [-0.1, -0.05) is 69.0 Å². The van der Waals surface area contributed by atoms with Crippen LogP contribution in [0.2, 0.25) is 25.7 Å². The number of amides is 5. The maximum atomic E-state index is 12.9. The van der Waals surface area contributed by atoms with Gasteiger partial charge in [0, 0.05) is 20.2 Å². The van der Waals surface area contributed by atoms with Crippen molar-refractivity contribution in [2.24, 2.45) is 0 Å².